The zero-order chi connectivity index (χ0) is 18.6. The first-order valence-electron chi connectivity index (χ1n) is 9.67. The Morgan fingerprint density at radius 1 is 1.07 bits per heavy atom. The summed E-state index contributed by atoms with van der Waals surface area (Å²) in [7, 11) is 0. The Kier molecular flexibility index (Phi) is 5.13. The van der Waals surface area contributed by atoms with Crippen molar-refractivity contribution in [3.8, 4) is 0 Å². The minimum absolute atomic E-state index is 0.115. The van der Waals surface area contributed by atoms with Crippen LogP contribution in [0.15, 0.2) is 23.0 Å². The molecule has 0 aromatic carbocycles. The van der Waals surface area contributed by atoms with Gasteiger partial charge in [0.05, 0.1) is 12.2 Å². The molecule has 8 heteroatoms. The Morgan fingerprint density at radius 2 is 1.93 bits per heavy atom. The van der Waals surface area contributed by atoms with Gasteiger partial charge in [0, 0.05) is 25.7 Å². The summed E-state index contributed by atoms with van der Waals surface area (Å²) in [6.07, 6.45) is 6.49. The largest absolute Gasteiger partial charge is 0.355 e. The van der Waals surface area contributed by atoms with Crippen LogP contribution in [-0.2, 0) is 19.4 Å². The molecule has 8 nitrogen and oxygen atoms in total. The van der Waals surface area contributed by atoms with Crippen LogP contribution in [0.4, 0.5) is 5.82 Å². The number of amides is 1. The number of rotatable bonds is 5. The summed E-state index contributed by atoms with van der Waals surface area (Å²) < 4.78 is 1.43. The van der Waals surface area contributed by atoms with Gasteiger partial charge < -0.3 is 10.2 Å². The Bertz CT molecular complexity index is 871. The van der Waals surface area contributed by atoms with E-state index in [1.807, 2.05) is 6.07 Å². The van der Waals surface area contributed by atoms with E-state index in [0.717, 1.165) is 49.4 Å². The standard InChI is InChI=1S/C19H24N6O2/c26-18-13-14-5-4-6-15(14)23-25(18)12-9-20-19(27)16-7-8-17(22-21-16)24-10-2-1-3-11-24/h7-8,13H,1-6,9-12H2,(H,20,27). The minimum atomic E-state index is -0.290. The van der Waals surface area contributed by atoms with Crippen LogP contribution in [0.5, 0.6) is 0 Å². The molecule has 1 aliphatic carbocycles. The number of aryl methyl sites for hydroxylation is 2. The second kappa shape index (κ2) is 7.85. The van der Waals surface area contributed by atoms with Crippen molar-refractivity contribution >= 4 is 11.7 Å². The summed E-state index contributed by atoms with van der Waals surface area (Å²) in [6, 6.07) is 5.22. The molecule has 4 rings (SSSR count). The molecule has 1 amide bonds. The van der Waals surface area contributed by atoms with Crippen LogP contribution in [0.2, 0.25) is 0 Å². The number of anilines is 1. The first kappa shape index (κ1) is 17.6. The molecule has 142 valence electrons. The highest BCUT2D eigenvalue weighted by Gasteiger charge is 2.16. The number of carbonyl (C=O) groups excluding carboxylic acids is 1. The van der Waals surface area contributed by atoms with Gasteiger partial charge in [0.25, 0.3) is 11.5 Å². The molecule has 1 fully saturated rings. The monoisotopic (exact) mass is 368 g/mol. The molecule has 2 aromatic heterocycles. The second-order valence-electron chi connectivity index (χ2n) is 7.11. The first-order chi connectivity index (χ1) is 13.2. The normalized spacial score (nSPS) is 16.2. The fourth-order valence-corrected chi connectivity index (χ4v) is 3.70. The molecule has 0 atom stereocenters. The Labute approximate surface area is 157 Å². The predicted molar refractivity (Wildman–Crippen MR) is 101 cm³/mol. The van der Waals surface area contributed by atoms with E-state index in [9.17, 15) is 9.59 Å². The number of piperidine rings is 1. The topological polar surface area (TPSA) is 93.0 Å². The van der Waals surface area contributed by atoms with Gasteiger partial charge >= 0.3 is 0 Å². The third-order valence-electron chi connectivity index (χ3n) is 5.20. The lowest BCUT2D eigenvalue weighted by Gasteiger charge is -2.27. The zero-order valence-electron chi connectivity index (χ0n) is 15.4. The summed E-state index contributed by atoms with van der Waals surface area (Å²) >= 11 is 0. The Balaban J connectivity index is 1.32. The van der Waals surface area contributed by atoms with Crippen molar-refractivity contribution < 1.29 is 4.79 Å². The summed E-state index contributed by atoms with van der Waals surface area (Å²) in [5, 5.41) is 15.4. The van der Waals surface area contributed by atoms with Crippen LogP contribution in [0, 0.1) is 0 Å². The van der Waals surface area contributed by atoms with Crippen LogP contribution in [0.1, 0.15) is 47.4 Å². The highest BCUT2D eigenvalue weighted by Crippen LogP contribution is 2.17. The molecule has 0 unspecified atom stereocenters. The molecule has 1 N–H and O–H groups in total. The van der Waals surface area contributed by atoms with Gasteiger partial charge in [-0.2, -0.15) is 5.10 Å². The molecule has 0 radical (unpaired) electrons. The molecule has 2 aromatic rings. The van der Waals surface area contributed by atoms with E-state index >= 15 is 0 Å². The van der Waals surface area contributed by atoms with E-state index in [2.05, 4.69) is 25.5 Å². The SMILES string of the molecule is O=C(NCCn1nc2c(cc1=O)CCC2)c1ccc(N2CCCCC2)nn1. The average Bonchev–Trinajstić information content (AvgIpc) is 3.16. The molecular weight excluding hydrogens is 344 g/mol. The number of nitrogens with one attached hydrogen (secondary N) is 1. The maximum Gasteiger partial charge on any atom is 0.271 e. The number of hydrogen-bond donors (Lipinski definition) is 1. The van der Waals surface area contributed by atoms with Gasteiger partial charge in [-0.1, -0.05) is 0 Å². The third kappa shape index (κ3) is 3.99. The minimum Gasteiger partial charge on any atom is -0.355 e. The van der Waals surface area contributed by atoms with Gasteiger partial charge in [0.2, 0.25) is 0 Å². The summed E-state index contributed by atoms with van der Waals surface area (Å²) in [4.78, 5) is 26.5. The van der Waals surface area contributed by atoms with Crippen molar-refractivity contribution in [1.29, 1.82) is 0 Å². The van der Waals surface area contributed by atoms with Gasteiger partial charge in [-0.3, -0.25) is 9.59 Å². The zero-order valence-corrected chi connectivity index (χ0v) is 15.4. The van der Waals surface area contributed by atoms with Crippen LogP contribution in [0.3, 0.4) is 0 Å². The lowest BCUT2D eigenvalue weighted by atomic mass is 10.1. The number of nitrogens with zero attached hydrogens (tertiary/aromatic N) is 5. The second-order valence-corrected chi connectivity index (χ2v) is 7.11. The van der Waals surface area contributed by atoms with E-state index in [1.165, 1.54) is 23.9 Å². The van der Waals surface area contributed by atoms with Crippen molar-refractivity contribution in [2.24, 2.45) is 0 Å². The van der Waals surface area contributed by atoms with Crippen molar-refractivity contribution in [3.63, 3.8) is 0 Å². The maximum atomic E-state index is 12.3. The molecule has 1 aliphatic heterocycles. The van der Waals surface area contributed by atoms with Gasteiger partial charge in [0.15, 0.2) is 11.5 Å². The summed E-state index contributed by atoms with van der Waals surface area (Å²) in [5.74, 6) is 0.530. The van der Waals surface area contributed by atoms with Gasteiger partial charge in [-0.15, -0.1) is 10.2 Å². The van der Waals surface area contributed by atoms with Gasteiger partial charge in [0.1, 0.15) is 0 Å². The highest BCUT2D eigenvalue weighted by atomic mass is 16.2. The molecule has 0 bridgehead atoms. The van der Waals surface area contributed by atoms with Crippen LogP contribution < -0.4 is 15.8 Å². The Morgan fingerprint density at radius 3 is 2.70 bits per heavy atom. The smallest absolute Gasteiger partial charge is 0.271 e. The number of aromatic nitrogens is 4. The van der Waals surface area contributed by atoms with E-state index in [4.69, 9.17) is 0 Å². The van der Waals surface area contributed by atoms with Gasteiger partial charge in [-0.25, -0.2) is 4.68 Å². The molecule has 3 heterocycles. The van der Waals surface area contributed by atoms with Crippen LogP contribution >= 0.6 is 0 Å². The number of hydrogen-bond acceptors (Lipinski definition) is 6. The van der Waals surface area contributed by atoms with E-state index < -0.39 is 0 Å². The number of carbonyl (C=O) groups is 1. The van der Waals surface area contributed by atoms with E-state index in [-0.39, 0.29) is 17.2 Å². The molecule has 0 spiro atoms. The van der Waals surface area contributed by atoms with Crippen molar-refractivity contribution in [1.82, 2.24) is 25.3 Å². The number of fused-ring (bicyclic) bond motifs is 1. The first-order valence-corrected chi connectivity index (χ1v) is 9.67. The lowest BCUT2D eigenvalue weighted by Crippen LogP contribution is -2.33. The summed E-state index contributed by atoms with van der Waals surface area (Å²) in [5.41, 5.74) is 2.23. The van der Waals surface area contributed by atoms with Gasteiger partial charge in [-0.05, 0) is 56.2 Å². The van der Waals surface area contributed by atoms with E-state index in [0.29, 0.717) is 13.1 Å². The van der Waals surface area contributed by atoms with E-state index in [1.54, 1.807) is 12.1 Å². The predicted octanol–water partition coefficient (Wildman–Crippen LogP) is 0.942. The third-order valence-corrected chi connectivity index (χ3v) is 5.20. The average molecular weight is 368 g/mol. The lowest BCUT2D eigenvalue weighted by molar-refractivity contribution is 0.0945. The fraction of sp³-hybridized carbons (Fsp3) is 0.526. The van der Waals surface area contributed by atoms with Crippen LogP contribution in [0.25, 0.3) is 0 Å². The van der Waals surface area contributed by atoms with Crippen molar-refractivity contribution in [2.45, 2.75) is 45.1 Å². The molecular formula is C19H24N6O2. The summed E-state index contributed by atoms with van der Waals surface area (Å²) in [6.45, 7) is 2.64. The maximum absolute atomic E-state index is 12.3. The highest BCUT2D eigenvalue weighted by molar-refractivity contribution is 5.92. The Hall–Kier alpha value is -2.77. The quantitative estimate of drug-likeness (QED) is 0.844. The molecule has 1 saturated heterocycles. The van der Waals surface area contributed by atoms with Crippen molar-refractivity contribution in [2.75, 3.05) is 24.5 Å². The molecule has 0 saturated carbocycles. The van der Waals surface area contributed by atoms with Crippen LogP contribution in [-0.4, -0.2) is 45.5 Å². The molecule has 2 aliphatic rings. The van der Waals surface area contributed by atoms with Crippen molar-refractivity contribution in [3.05, 3.63) is 45.5 Å². The molecule has 27 heavy (non-hydrogen) atoms. The fourth-order valence-electron chi connectivity index (χ4n) is 3.70.